The second-order valence-electron chi connectivity index (χ2n) is 5.36. The molecule has 3 rings (SSSR count). The number of carbonyl (C=O) groups excluding carboxylic acids is 1. The van der Waals surface area contributed by atoms with E-state index in [1.54, 1.807) is 35.2 Å². The predicted octanol–water partition coefficient (Wildman–Crippen LogP) is 2.23. The molecule has 0 fully saturated rings. The van der Waals surface area contributed by atoms with Gasteiger partial charge in [-0.25, -0.2) is 0 Å². The fourth-order valence-electron chi connectivity index (χ4n) is 2.71. The summed E-state index contributed by atoms with van der Waals surface area (Å²) in [5, 5.41) is 19.0. The monoisotopic (exact) mass is 283 g/mol. The van der Waals surface area contributed by atoms with Crippen LogP contribution >= 0.6 is 0 Å². The van der Waals surface area contributed by atoms with Crippen LogP contribution in [0.15, 0.2) is 42.5 Å². The van der Waals surface area contributed by atoms with Crippen LogP contribution in [0.25, 0.3) is 0 Å². The molecule has 0 aromatic heterocycles. The summed E-state index contributed by atoms with van der Waals surface area (Å²) in [6, 6.07) is 12.1. The first-order valence-electron chi connectivity index (χ1n) is 6.98. The maximum Gasteiger partial charge on any atom is 0.227 e. The zero-order valence-electron chi connectivity index (χ0n) is 11.6. The van der Waals surface area contributed by atoms with Crippen molar-refractivity contribution in [3.63, 3.8) is 0 Å². The zero-order valence-corrected chi connectivity index (χ0v) is 11.6. The molecule has 0 saturated carbocycles. The van der Waals surface area contributed by atoms with E-state index < -0.39 is 0 Å². The number of amides is 1. The van der Waals surface area contributed by atoms with Crippen molar-refractivity contribution in [1.29, 1.82) is 0 Å². The molecule has 1 heterocycles. The van der Waals surface area contributed by atoms with Gasteiger partial charge in [-0.1, -0.05) is 18.2 Å². The third-order valence-corrected chi connectivity index (χ3v) is 3.82. The van der Waals surface area contributed by atoms with Crippen LogP contribution in [-0.2, 0) is 24.2 Å². The molecule has 0 atom stereocenters. The van der Waals surface area contributed by atoms with E-state index in [-0.39, 0.29) is 23.8 Å². The molecular formula is C17H17NO3. The first kappa shape index (κ1) is 13.5. The number of hydrogen-bond donors (Lipinski definition) is 2. The van der Waals surface area contributed by atoms with Crippen LogP contribution in [0.4, 0.5) is 0 Å². The van der Waals surface area contributed by atoms with Crippen molar-refractivity contribution >= 4 is 5.91 Å². The van der Waals surface area contributed by atoms with Gasteiger partial charge in [0.25, 0.3) is 0 Å². The Morgan fingerprint density at radius 1 is 1.05 bits per heavy atom. The van der Waals surface area contributed by atoms with Crippen molar-refractivity contribution in [1.82, 2.24) is 4.90 Å². The second kappa shape index (κ2) is 5.48. The Kier molecular flexibility index (Phi) is 3.52. The molecule has 21 heavy (non-hydrogen) atoms. The van der Waals surface area contributed by atoms with E-state index in [2.05, 4.69) is 0 Å². The lowest BCUT2D eigenvalue weighted by atomic mass is 9.99. The number of carbonyl (C=O) groups is 1. The molecule has 0 unspecified atom stereocenters. The molecule has 0 saturated heterocycles. The quantitative estimate of drug-likeness (QED) is 0.888. The number of phenols is 2. The Bertz CT molecular complexity index is 681. The Morgan fingerprint density at radius 2 is 1.86 bits per heavy atom. The Balaban J connectivity index is 1.72. The van der Waals surface area contributed by atoms with E-state index in [1.165, 1.54) is 5.56 Å². The SMILES string of the molecule is O=C(Cc1cccc(O)c1)N1CCc2ccc(O)cc2C1. The molecule has 0 bridgehead atoms. The van der Waals surface area contributed by atoms with Crippen LogP contribution in [0.2, 0.25) is 0 Å². The predicted molar refractivity (Wildman–Crippen MR) is 79.0 cm³/mol. The van der Waals surface area contributed by atoms with Gasteiger partial charge in [0.2, 0.25) is 5.91 Å². The average Bonchev–Trinajstić information content (AvgIpc) is 2.46. The van der Waals surface area contributed by atoms with E-state index >= 15 is 0 Å². The fraction of sp³-hybridized carbons (Fsp3) is 0.235. The molecule has 0 spiro atoms. The third kappa shape index (κ3) is 2.99. The topological polar surface area (TPSA) is 60.8 Å². The molecule has 2 aromatic rings. The van der Waals surface area contributed by atoms with E-state index in [4.69, 9.17) is 0 Å². The lowest BCUT2D eigenvalue weighted by Gasteiger charge is -2.29. The van der Waals surface area contributed by atoms with Crippen molar-refractivity contribution in [2.45, 2.75) is 19.4 Å². The smallest absolute Gasteiger partial charge is 0.227 e. The number of aromatic hydroxyl groups is 2. The highest BCUT2D eigenvalue weighted by Crippen LogP contribution is 2.23. The summed E-state index contributed by atoms with van der Waals surface area (Å²) < 4.78 is 0. The lowest BCUT2D eigenvalue weighted by molar-refractivity contribution is -0.131. The van der Waals surface area contributed by atoms with Gasteiger partial charge in [-0.2, -0.15) is 0 Å². The van der Waals surface area contributed by atoms with E-state index in [1.807, 2.05) is 12.1 Å². The number of benzene rings is 2. The van der Waals surface area contributed by atoms with Crippen LogP contribution in [0, 0.1) is 0 Å². The molecule has 1 amide bonds. The molecule has 0 aliphatic carbocycles. The molecule has 0 radical (unpaired) electrons. The van der Waals surface area contributed by atoms with Gasteiger partial charge in [-0.05, 0) is 47.4 Å². The number of hydrogen-bond acceptors (Lipinski definition) is 3. The van der Waals surface area contributed by atoms with Crippen molar-refractivity contribution in [2.75, 3.05) is 6.54 Å². The van der Waals surface area contributed by atoms with Crippen molar-refractivity contribution < 1.29 is 15.0 Å². The van der Waals surface area contributed by atoms with Gasteiger partial charge in [0, 0.05) is 13.1 Å². The maximum absolute atomic E-state index is 12.4. The van der Waals surface area contributed by atoms with Crippen LogP contribution in [-0.4, -0.2) is 27.6 Å². The van der Waals surface area contributed by atoms with Gasteiger partial charge in [0.1, 0.15) is 11.5 Å². The minimum Gasteiger partial charge on any atom is -0.508 e. The second-order valence-corrected chi connectivity index (χ2v) is 5.36. The van der Waals surface area contributed by atoms with Crippen molar-refractivity contribution in [3.05, 3.63) is 59.2 Å². The zero-order chi connectivity index (χ0) is 14.8. The van der Waals surface area contributed by atoms with E-state index in [9.17, 15) is 15.0 Å². The van der Waals surface area contributed by atoms with Crippen molar-refractivity contribution in [2.24, 2.45) is 0 Å². The number of fused-ring (bicyclic) bond motifs is 1. The van der Waals surface area contributed by atoms with Gasteiger partial charge in [0.05, 0.1) is 6.42 Å². The summed E-state index contributed by atoms with van der Waals surface area (Å²) in [6.45, 7) is 1.22. The minimum atomic E-state index is 0.0367. The summed E-state index contributed by atoms with van der Waals surface area (Å²) in [4.78, 5) is 14.2. The molecule has 4 nitrogen and oxygen atoms in total. The molecule has 1 aliphatic rings. The summed E-state index contributed by atoms with van der Waals surface area (Å²) >= 11 is 0. The summed E-state index contributed by atoms with van der Waals surface area (Å²) in [6.07, 6.45) is 1.09. The lowest BCUT2D eigenvalue weighted by Crippen LogP contribution is -2.36. The number of phenolic OH excluding ortho intramolecular Hbond substituents is 2. The van der Waals surface area contributed by atoms with Gasteiger partial charge < -0.3 is 15.1 Å². The first-order chi connectivity index (χ1) is 10.1. The van der Waals surface area contributed by atoms with Gasteiger partial charge in [-0.3, -0.25) is 4.79 Å². The number of rotatable bonds is 2. The summed E-state index contributed by atoms with van der Waals surface area (Å²) in [5.74, 6) is 0.444. The standard InChI is InChI=1S/C17H17NO3/c19-15-3-1-2-12(8-15)9-17(21)18-7-6-13-4-5-16(20)10-14(13)11-18/h1-5,8,10,19-20H,6-7,9,11H2. The Labute approximate surface area is 123 Å². The van der Waals surface area contributed by atoms with Crippen LogP contribution in [0.1, 0.15) is 16.7 Å². The normalized spacial score (nSPS) is 13.8. The molecule has 2 aromatic carbocycles. The van der Waals surface area contributed by atoms with Crippen molar-refractivity contribution in [3.8, 4) is 11.5 Å². The van der Waals surface area contributed by atoms with Crippen LogP contribution in [0.3, 0.4) is 0 Å². The van der Waals surface area contributed by atoms with Gasteiger partial charge in [0.15, 0.2) is 0 Å². The van der Waals surface area contributed by atoms with Gasteiger partial charge >= 0.3 is 0 Å². The third-order valence-electron chi connectivity index (χ3n) is 3.82. The Hall–Kier alpha value is -2.49. The first-order valence-corrected chi connectivity index (χ1v) is 6.98. The summed E-state index contributed by atoms with van der Waals surface area (Å²) in [7, 11) is 0. The van der Waals surface area contributed by atoms with Crippen LogP contribution < -0.4 is 0 Å². The van der Waals surface area contributed by atoms with E-state index in [0.29, 0.717) is 13.1 Å². The highest BCUT2D eigenvalue weighted by atomic mass is 16.3. The minimum absolute atomic E-state index is 0.0367. The van der Waals surface area contributed by atoms with Gasteiger partial charge in [-0.15, -0.1) is 0 Å². The van der Waals surface area contributed by atoms with Crippen LogP contribution in [0.5, 0.6) is 11.5 Å². The molecule has 4 heteroatoms. The fourth-order valence-corrected chi connectivity index (χ4v) is 2.71. The van der Waals surface area contributed by atoms with E-state index in [0.717, 1.165) is 17.5 Å². The highest BCUT2D eigenvalue weighted by Gasteiger charge is 2.21. The molecule has 108 valence electrons. The molecular weight excluding hydrogens is 266 g/mol. The highest BCUT2D eigenvalue weighted by molar-refractivity contribution is 5.79. The largest absolute Gasteiger partial charge is 0.508 e. The molecule has 2 N–H and O–H groups in total. The number of nitrogens with zero attached hydrogens (tertiary/aromatic N) is 1. The average molecular weight is 283 g/mol. The Morgan fingerprint density at radius 3 is 2.67 bits per heavy atom. The summed E-state index contributed by atoms with van der Waals surface area (Å²) in [5.41, 5.74) is 3.00. The molecule has 1 aliphatic heterocycles. The maximum atomic E-state index is 12.4.